The zero-order valence-electron chi connectivity index (χ0n) is 12.1. The van der Waals surface area contributed by atoms with Gasteiger partial charge in [0, 0.05) is 16.1 Å². The predicted octanol–water partition coefficient (Wildman–Crippen LogP) is 3.03. The molecule has 0 heterocycles. The molecule has 0 saturated heterocycles. The second-order valence-electron chi connectivity index (χ2n) is 4.47. The lowest BCUT2D eigenvalue weighted by molar-refractivity contribution is -0.385. The van der Waals surface area contributed by atoms with Crippen LogP contribution in [0.15, 0.2) is 52.0 Å². The molecule has 0 saturated carbocycles. The van der Waals surface area contributed by atoms with Crippen LogP contribution in [0.4, 0.5) is 10.1 Å². The first-order valence-corrected chi connectivity index (χ1v) is 7.40. The van der Waals surface area contributed by atoms with Crippen LogP contribution in [0.25, 0.3) is 0 Å². The summed E-state index contributed by atoms with van der Waals surface area (Å²) in [5, 5.41) is 14.4. The lowest BCUT2D eigenvalue weighted by Gasteiger charge is -2.05. The summed E-state index contributed by atoms with van der Waals surface area (Å²) in [6.45, 7) is -0.469. The SMILES string of the molecule is O=C(COc1ccccc1[N+](=O)[O-])N/N=C\c1cc(Br)ccc1F. The fourth-order valence-electron chi connectivity index (χ4n) is 1.69. The van der Waals surface area contributed by atoms with E-state index in [1.165, 1.54) is 36.4 Å². The number of nitrogens with zero attached hydrogens (tertiary/aromatic N) is 2. The third-order valence-corrected chi connectivity index (χ3v) is 3.26. The Bertz CT molecular complexity index is 798. The molecule has 0 atom stereocenters. The van der Waals surface area contributed by atoms with Crippen LogP contribution in [0.3, 0.4) is 0 Å². The molecule has 0 bridgehead atoms. The van der Waals surface area contributed by atoms with Gasteiger partial charge in [-0.25, -0.2) is 9.82 Å². The summed E-state index contributed by atoms with van der Waals surface area (Å²) in [5.74, 6) is -1.16. The van der Waals surface area contributed by atoms with Crippen LogP contribution in [0.5, 0.6) is 5.75 Å². The number of rotatable bonds is 6. The lowest BCUT2D eigenvalue weighted by Crippen LogP contribution is -2.24. The zero-order chi connectivity index (χ0) is 17.5. The van der Waals surface area contributed by atoms with Gasteiger partial charge in [-0.3, -0.25) is 14.9 Å². The average Bonchev–Trinajstić information content (AvgIpc) is 2.56. The van der Waals surface area contributed by atoms with Crippen LogP contribution in [0, 0.1) is 15.9 Å². The van der Waals surface area contributed by atoms with E-state index in [0.717, 1.165) is 6.21 Å². The summed E-state index contributed by atoms with van der Waals surface area (Å²) in [4.78, 5) is 21.8. The summed E-state index contributed by atoms with van der Waals surface area (Å²) in [6.07, 6.45) is 1.14. The topological polar surface area (TPSA) is 93.8 Å². The fraction of sp³-hybridized carbons (Fsp3) is 0.0667. The Balaban J connectivity index is 1.91. The molecule has 0 unspecified atom stereocenters. The molecule has 124 valence electrons. The summed E-state index contributed by atoms with van der Waals surface area (Å²) < 4.78 is 19.2. The maximum absolute atomic E-state index is 13.5. The zero-order valence-corrected chi connectivity index (χ0v) is 13.7. The number of hydrogen-bond donors (Lipinski definition) is 1. The molecule has 0 fully saturated rings. The van der Waals surface area contributed by atoms with E-state index in [1.54, 1.807) is 6.07 Å². The Kier molecular flexibility index (Phi) is 5.96. The lowest BCUT2D eigenvalue weighted by atomic mass is 10.2. The molecule has 1 N–H and O–H groups in total. The number of benzene rings is 2. The van der Waals surface area contributed by atoms with E-state index in [0.29, 0.717) is 4.47 Å². The van der Waals surface area contributed by atoms with Crippen molar-refractivity contribution in [3.8, 4) is 5.75 Å². The molecule has 24 heavy (non-hydrogen) atoms. The molecule has 0 aliphatic rings. The van der Waals surface area contributed by atoms with E-state index in [2.05, 4.69) is 26.5 Å². The Morgan fingerprint density at radius 1 is 1.38 bits per heavy atom. The fourth-order valence-corrected chi connectivity index (χ4v) is 2.07. The first-order valence-electron chi connectivity index (χ1n) is 6.60. The number of carbonyl (C=O) groups excluding carboxylic acids is 1. The third-order valence-electron chi connectivity index (χ3n) is 2.77. The van der Waals surface area contributed by atoms with Crippen molar-refractivity contribution in [3.63, 3.8) is 0 Å². The van der Waals surface area contributed by atoms with E-state index in [4.69, 9.17) is 4.74 Å². The van der Waals surface area contributed by atoms with Crippen molar-refractivity contribution in [2.75, 3.05) is 6.61 Å². The van der Waals surface area contributed by atoms with Gasteiger partial charge in [0.2, 0.25) is 0 Å². The van der Waals surface area contributed by atoms with Crippen molar-refractivity contribution in [2.45, 2.75) is 0 Å². The van der Waals surface area contributed by atoms with Crippen molar-refractivity contribution in [1.29, 1.82) is 0 Å². The standard InChI is InChI=1S/C15H11BrFN3O4/c16-11-5-6-12(17)10(7-11)8-18-19-15(21)9-24-14-4-2-1-3-13(14)20(22)23/h1-8H,9H2,(H,19,21)/b18-8-. The molecule has 0 spiro atoms. The molecule has 0 aliphatic carbocycles. The summed E-state index contributed by atoms with van der Waals surface area (Å²) in [7, 11) is 0. The average molecular weight is 396 g/mol. The van der Waals surface area contributed by atoms with Gasteiger partial charge in [-0.2, -0.15) is 5.10 Å². The van der Waals surface area contributed by atoms with Gasteiger partial charge in [0.15, 0.2) is 12.4 Å². The van der Waals surface area contributed by atoms with Crippen LogP contribution in [-0.4, -0.2) is 23.7 Å². The molecule has 7 nitrogen and oxygen atoms in total. The van der Waals surface area contributed by atoms with Crippen molar-refractivity contribution in [1.82, 2.24) is 5.43 Å². The van der Waals surface area contributed by atoms with Gasteiger partial charge in [-0.15, -0.1) is 0 Å². The molecule has 2 aromatic rings. The number of hydrogen-bond acceptors (Lipinski definition) is 5. The summed E-state index contributed by atoms with van der Waals surface area (Å²) in [6, 6.07) is 9.97. The van der Waals surface area contributed by atoms with Gasteiger partial charge >= 0.3 is 5.69 Å². The number of nitrogens with one attached hydrogen (secondary N) is 1. The minimum atomic E-state index is -0.639. The monoisotopic (exact) mass is 395 g/mol. The van der Waals surface area contributed by atoms with Crippen molar-refractivity contribution >= 4 is 33.7 Å². The van der Waals surface area contributed by atoms with Gasteiger partial charge in [0.1, 0.15) is 5.82 Å². The van der Waals surface area contributed by atoms with Gasteiger partial charge in [-0.05, 0) is 24.3 Å². The summed E-state index contributed by atoms with van der Waals surface area (Å²) in [5.41, 5.74) is 2.09. The second-order valence-corrected chi connectivity index (χ2v) is 5.39. The van der Waals surface area contributed by atoms with Crippen LogP contribution in [0.1, 0.15) is 5.56 Å². The smallest absolute Gasteiger partial charge is 0.310 e. The summed E-state index contributed by atoms with van der Waals surface area (Å²) >= 11 is 3.20. The van der Waals surface area contributed by atoms with Gasteiger partial charge in [0.25, 0.3) is 5.91 Å². The second kappa shape index (κ2) is 8.16. The number of nitro groups is 1. The van der Waals surface area contributed by atoms with E-state index >= 15 is 0 Å². The third kappa shape index (κ3) is 4.85. The molecular formula is C15H11BrFN3O4. The Morgan fingerprint density at radius 2 is 2.12 bits per heavy atom. The Labute approximate surface area is 144 Å². The maximum Gasteiger partial charge on any atom is 0.310 e. The first-order chi connectivity index (χ1) is 11.5. The number of amides is 1. The van der Waals surface area contributed by atoms with Crippen molar-refractivity contribution < 1.29 is 18.8 Å². The van der Waals surface area contributed by atoms with E-state index in [1.807, 2.05) is 0 Å². The van der Waals surface area contributed by atoms with Crippen LogP contribution in [0.2, 0.25) is 0 Å². The largest absolute Gasteiger partial charge is 0.477 e. The van der Waals surface area contributed by atoms with E-state index in [-0.39, 0.29) is 17.0 Å². The van der Waals surface area contributed by atoms with Gasteiger partial charge < -0.3 is 4.74 Å². The number of ether oxygens (including phenoxy) is 1. The van der Waals surface area contributed by atoms with Crippen molar-refractivity contribution in [3.05, 3.63) is 68.4 Å². The van der Waals surface area contributed by atoms with Crippen molar-refractivity contribution in [2.24, 2.45) is 5.10 Å². The Morgan fingerprint density at radius 3 is 2.88 bits per heavy atom. The minimum Gasteiger partial charge on any atom is -0.477 e. The normalized spacial score (nSPS) is 10.6. The maximum atomic E-state index is 13.5. The van der Waals surface area contributed by atoms with Crippen LogP contribution >= 0.6 is 15.9 Å². The van der Waals surface area contributed by atoms with Gasteiger partial charge in [0.05, 0.1) is 11.1 Å². The minimum absolute atomic E-state index is 0.0281. The number of halogens is 2. The molecule has 2 rings (SSSR count). The first kappa shape index (κ1) is 17.5. The van der Waals surface area contributed by atoms with Crippen LogP contribution in [-0.2, 0) is 4.79 Å². The Hall–Kier alpha value is -2.81. The van der Waals surface area contributed by atoms with Crippen LogP contribution < -0.4 is 10.2 Å². The molecule has 9 heteroatoms. The molecule has 0 radical (unpaired) electrons. The molecule has 0 aromatic heterocycles. The quantitative estimate of drug-likeness (QED) is 0.462. The van der Waals surface area contributed by atoms with E-state index in [9.17, 15) is 19.3 Å². The highest BCUT2D eigenvalue weighted by atomic mass is 79.9. The molecular weight excluding hydrogens is 385 g/mol. The molecule has 0 aliphatic heterocycles. The molecule has 1 amide bonds. The van der Waals surface area contributed by atoms with Gasteiger partial charge in [-0.1, -0.05) is 28.1 Å². The predicted molar refractivity (Wildman–Crippen MR) is 88.4 cm³/mol. The highest BCUT2D eigenvalue weighted by Crippen LogP contribution is 2.25. The number of nitro benzene ring substituents is 1. The number of para-hydroxylation sites is 2. The highest BCUT2D eigenvalue weighted by Gasteiger charge is 2.14. The highest BCUT2D eigenvalue weighted by molar-refractivity contribution is 9.10. The molecule has 2 aromatic carbocycles. The number of hydrazone groups is 1. The van der Waals surface area contributed by atoms with E-state index < -0.39 is 23.3 Å². The number of carbonyl (C=O) groups is 1.